The molecule has 0 aliphatic heterocycles. The maximum absolute atomic E-state index is 9.91. The summed E-state index contributed by atoms with van der Waals surface area (Å²) in [4.78, 5) is 4.03. The summed E-state index contributed by atoms with van der Waals surface area (Å²) in [5.74, 6) is 0.901. The lowest BCUT2D eigenvalue weighted by Crippen LogP contribution is -2.08. The molecule has 6 nitrogen and oxygen atoms in total. The number of nitrogens with one attached hydrogen (secondary N) is 1. The molecule has 2 aromatic rings. The van der Waals surface area contributed by atoms with Crippen LogP contribution in [0.3, 0.4) is 0 Å². The zero-order chi connectivity index (χ0) is 10.1. The number of rotatable bonds is 2. The summed E-state index contributed by atoms with van der Waals surface area (Å²) in [5, 5.41) is 16.2. The van der Waals surface area contributed by atoms with Crippen molar-refractivity contribution in [3.05, 3.63) is 30.0 Å². The molecule has 0 radical (unpaired) electrons. The van der Waals surface area contributed by atoms with Crippen molar-refractivity contribution in [3.63, 3.8) is 0 Å². The van der Waals surface area contributed by atoms with Gasteiger partial charge in [-0.05, 0) is 0 Å². The van der Waals surface area contributed by atoms with Crippen LogP contribution < -0.4 is 5.73 Å². The molecule has 0 bridgehead atoms. The number of aliphatic hydroxyl groups excluding tert-OH is 1. The largest absolute Gasteiger partial charge is 0.384 e. The van der Waals surface area contributed by atoms with E-state index in [-0.39, 0.29) is 0 Å². The Morgan fingerprint density at radius 2 is 2.43 bits per heavy atom. The molecule has 0 aliphatic rings. The highest BCUT2D eigenvalue weighted by atomic mass is 16.3. The van der Waals surface area contributed by atoms with Gasteiger partial charge in [-0.1, -0.05) is 0 Å². The zero-order valence-electron chi connectivity index (χ0n) is 7.68. The molecule has 0 amide bonds. The van der Waals surface area contributed by atoms with Gasteiger partial charge in [-0.15, -0.1) is 0 Å². The average molecular weight is 193 g/mol. The zero-order valence-corrected chi connectivity index (χ0v) is 7.68. The number of aromatic amines is 1. The van der Waals surface area contributed by atoms with E-state index < -0.39 is 6.10 Å². The number of anilines is 1. The Morgan fingerprint density at radius 1 is 1.64 bits per heavy atom. The number of aromatic nitrogens is 4. The van der Waals surface area contributed by atoms with Crippen LogP contribution in [-0.4, -0.2) is 24.9 Å². The highest BCUT2D eigenvalue weighted by Crippen LogP contribution is 2.22. The Morgan fingerprint density at radius 3 is 2.93 bits per heavy atom. The summed E-state index contributed by atoms with van der Waals surface area (Å²) in [5.41, 5.74) is 6.12. The molecule has 0 aromatic carbocycles. The number of nitrogens with zero attached hydrogens (tertiary/aromatic N) is 3. The SMILES string of the molecule is Cn1ccnc1C(O)c1cn[nH]c1N. The summed E-state index contributed by atoms with van der Waals surface area (Å²) < 4.78 is 1.73. The van der Waals surface area contributed by atoms with E-state index in [1.54, 1.807) is 17.0 Å². The second-order valence-electron chi connectivity index (χ2n) is 3.04. The molecule has 74 valence electrons. The first-order chi connectivity index (χ1) is 6.70. The van der Waals surface area contributed by atoms with Gasteiger partial charge in [-0.25, -0.2) is 4.98 Å². The quantitative estimate of drug-likeness (QED) is 0.616. The Kier molecular flexibility index (Phi) is 1.97. The van der Waals surface area contributed by atoms with Crippen LogP contribution in [-0.2, 0) is 7.05 Å². The molecule has 0 saturated carbocycles. The van der Waals surface area contributed by atoms with Crippen molar-refractivity contribution in [2.24, 2.45) is 7.05 Å². The Labute approximate surface area is 80.4 Å². The van der Waals surface area contributed by atoms with Crippen LogP contribution in [0, 0.1) is 0 Å². The first kappa shape index (κ1) is 8.76. The van der Waals surface area contributed by atoms with Crippen molar-refractivity contribution in [3.8, 4) is 0 Å². The highest BCUT2D eigenvalue weighted by Gasteiger charge is 2.18. The van der Waals surface area contributed by atoms with Gasteiger partial charge in [0.25, 0.3) is 0 Å². The highest BCUT2D eigenvalue weighted by molar-refractivity contribution is 5.40. The fraction of sp³-hybridized carbons (Fsp3) is 0.250. The number of imidazole rings is 1. The van der Waals surface area contributed by atoms with Crippen LogP contribution in [0.2, 0.25) is 0 Å². The number of nitrogen functional groups attached to an aromatic ring is 1. The van der Waals surface area contributed by atoms with Crippen molar-refractivity contribution in [1.82, 2.24) is 19.7 Å². The van der Waals surface area contributed by atoms with Gasteiger partial charge in [0, 0.05) is 25.0 Å². The summed E-state index contributed by atoms with van der Waals surface area (Å²) in [6.07, 6.45) is 4.03. The molecule has 1 atom stereocenters. The molecule has 0 fully saturated rings. The predicted molar refractivity (Wildman–Crippen MR) is 50.3 cm³/mol. The van der Waals surface area contributed by atoms with E-state index in [2.05, 4.69) is 15.2 Å². The normalized spacial score (nSPS) is 13.0. The van der Waals surface area contributed by atoms with Crippen molar-refractivity contribution in [1.29, 1.82) is 0 Å². The Bertz CT molecular complexity index is 392. The first-order valence-corrected chi connectivity index (χ1v) is 4.14. The lowest BCUT2D eigenvalue weighted by molar-refractivity contribution is 0.207. The summed E-state index contributed by atoms with van der Waals surface area (Å²) >= 11 is 0. The molecule has 0 aliphatic carbocycles. The molecule has 14 heavy (non-hydrogen) atoms. The van der Waals surface area contributed by atoms with Gasteiger partial charge < -0.3 is 15.4 Å². The maximum atomic E-state index is 9.91. The average Bonchev–Trinajstić information content (AvgIpc) is 2.73. The molecule has 0 saturated heterocycles. The van der Waals surface area contributed by atoms with E-state index in [1.165, 1.54) is 6.20 Å². The number of nitrogens with two attached hydrogens (primary N) is 1. The standard InChI is InChI=1S/C8H11N5O/c1-13-3-2-10-8(13)6(14)5-4-11-12-7(5)9/h2-4,6,14H,1H3,(H3,9,11,12). The van der Waals surface area contributed by atoms with Crippen molar-refractivity contribution in [2.75, 3.05) is 5.73 Å². The summed E-state index contributed by atoms with van der Waals surface area (Å²) in [6.45, 7) is 0. The van der Waals surface area contributed by atoms with Crippen LogP contribution in [0.4, 0.5) is 5.82 Å². The molecule has 1 unspecified atom stereocenters. The van der Waals surface area contributed by atoms with E-state index in [9.17, 15) is 5.11 Å². The van der Waals surface area contributed by atoms with Crippen LogP contribution in [0.1, 0.15) is 17.5 Å². The van der Waals surface area contributed by atoms with Crippen LogP contribution in [0.15, 0.2) is 18.6 Å². The first-order valence-electron chi connectivity index (χ1n) is 4.14. The van der Waals surface area contributed by atoms with Gasteiger partial charge >= 0.3 is 0 Å². The van der Waals surface area contributed by atoms with E-state index in [0.717, 1.165) is 0 Å². The molecule has 2 rings (SSSR count). The van der Waals surface area contributed by atoms with Gasteiger partial charge in [0.2, 0.25) is 0 Å². The van der Waals surface area contributed by atoms with Gasteiger partial charge in [-0.3, -0.25) is 5.10 Å². The smallest absolute Gasteiger partial charge is 0.142 e. The van der Waals surface area contributed by atoms with E-state index in [4.69, 9.17) is 5.73 Å². The number of aliphatic hydroxyl groups is 1. The fourth-order valence-corrected chi connectivity index (χ4v) is 1.30. The van der Waals surface area contributed by atoms with Gasteiger partial charge in [0.1, 0.15) is 17.7 Å². The topological polar surface area (TPSA) is 92.7 Å². The number of aryl methyl sites for hydroxylation is 1. The van der Waals surface area contributed by atoms with Gasteiger partial charge in [0.15, 0.2) is 0 Å². The van der Waals surface area contributed by atoms with E-state index in [0.29, 0.717) is 17.2 Å². The van der Waals surface area contributed by atoms with E-state index >= 15 is 0 Å². The second-order valence-corrected chi connectivity index (χ2v) is 3.04. The number of hydrogen-bond acceptors (Lipinski definition) is 4. The molecule has 2 aromatic heterocycles. The van der Waals surface area contributed by atoms with Crippen molar-refractivity contribution >= 4 is 5.82 Å². The van der Waals surface area contributed by atoms with Crippen LogP contribution >= 0.6 is 0 Å². The summed E-state index contributed by atoms with van der Waals surface area (Å²) in [6, 6.07) is 0. The van der Waals surface area contributed by atoms with Crippen molar-refractivity contribution in [2.45, 2.75) is 6.10 Å². The number of hydrogen-bond donors (Lipinski definition) is 3. The van der Waals surface area contributed by atoms with Crippen molar-refractivity contribution < 1.29 is 5.11 Å². The maximum Gasteiger partial charge on any atom is 0.142 e. The van der Waals surface area contributed by atoms with E-state index in [1.807, 2.05) is 7.05 Å². The predicted octanol–water partition coefficient (Wildman–Crippen LogP) is -0.193. The van der Waals surface area contributed by atoms with Gasteiger partial charge in [0.05, 0.1) is 6.20 Å². The third-order valence-corrected chi connectivity index (χ3v) is 2.10. The third kappa shape index (κ3) is 1.25. The number of H-pyrrole nitrogens is 1. The summed E-state index contributed by atoms with van der Waals surface area (Å²) in [7, 11) is 1.81. The molecule has 4 N–H and O–H groups in total. The minimum absolute atomic E-state index is 0.362. The van der Waals surface area contributed by atoms with Gasteiger partial charge in [-0.2, -0.15) is 5.10 Å². The van der Waals surface area contributed by atoms with Crippen LogP contribution in [0.25, 0.3) is 0 Å². The molecule has 6 heteroatoms. The monoisotopic (exact) mass is 193 g/mol. The fourth-order valence-electron chi connectivity index (χ4n) is 1.30. The molecule has 0 spiro atoms. The lowest BCUT2D eigenvalue weighted by atomic mass is 10.2. The molecular weight excluding hydrogens is 182 g/mol. The lowest BCUT2D eigenvalue weighted by Gasteiger charge is -2.08. The Balaban J connectivity index is 2.38. The Hall–Kier alpha value is -1.82. The minimum atomic E-state index is -0.839. The van der Waals surface area contributed by atoms with Crippen LogP contribution in [0.5, 0.6) is 0 Å². The third-order valence-electron chi connectivity index (χ3n) is 2.10. The molecular formula is C8H11N5O. The minimum Gasteiger partial charge on any atom is -0.384 e. The molecule has 2 heterocycles. The second kappa shape index (κ2) is 3.15.